The van der Waals surface area contributed by atoms with Crippen LogP contribution in [0.25, 0.3) is 0 Å². The molecule has 4 nitrogen and oxygen atoms in total. The third-order valence-electron chi connectivity index (χ3n) is 5.99. The number of hydrogen-bond donors (Lipinski definition) is 2. The number of unbranched alkanes of at least 4 members (excludes halogenated alkanes) is 13. The van der Waals surface area contributed by atoms with Crippen molar-refractivity contribution >= 4 is 10.1 Å². The summed E-state index contributed by atoms with van der Waals surface area (Å²) in [7, 11) is -3.90. The minimum atomic E-state index is -3.90. The molecule has 0 saturated heterocycles. The van der Waals surface area contributed by atoms with E-state index >= 15 is 0 Å². The Labute approximate surface area is 182 Å². The second-order valence-electron chi connectivity index (χ2n) is 8.90. The number of aliphatic hydroxyl groups is 1. The third kappa shape index (κ3) is 19.6. The molecule has 0 spiro atoms. The summed E-state index contributed by atoms with van der Waals surface area (Å²) in [4.78, 5) is 0. The van der Waals surface area contributed by atoms with E-state index in [4.69, 9.17) is 0 Å². The number of aliphatic hydroxyl groups excluding tert-OH is 1. The molecule has 0 aliphatic rings. The van der Waals surface area contributed by atoms with Crippen molar-refractivity contribution in [2.24, 2.45) is 0 Å². The standard InChI is InChI=1S/C24H50O4S/c1-3-5-6-7-8-9-10-11-12-13-16-20-23(25)21-17-14-15-18-22-24(19-4-2)29(26,27)28/h23-25H,3-22H2,1-2H3,(H,26,27,28). The van der Waals surface area contributed by atoms with Gasteiger partial charge in [0.05, 0.1) is 11.4 Å². The Bertz CT molecular complexity index is 436. The van der Waals surface area contributed by atoms with Gasteiger partial charge in [-0.1, -0.05) is 117 Å². The molecule has 0 aromatic heterocycles. The molecule has 0 bridgehead atoms. The van der Waals surface area contributed by atoms with E-state index in [-0.39, 0.29) is 6.10 Å². The highest BCUT2D eigenvalue weighted by Crippen LogP contribution is 2.18. The summed E-state index contributed by atoms with van der Waals surface area (Å²) in [6.45, 7) is 4.20. The molecule has 0 fully saturated rings. The van der Waals surface area contributed by atoms with E-state index in [0.29, 0.717) is 12.8 Å². The first kappa shape index (κ1) is 28.9. The monoisotopic (exact) mass is 434 g/mol. The van der Waals surface area contributed by atoms with Gasteiger partial charge in [-0.25, -0.2) is 0 Å². The summed E-state index contributed by atoms with van der Waals surface area (Å²) in [6, 6.07) is 0. The van der Waals surface area contributed by atoms with Crippen molar-refractivity contribution in [2.45, 2.75) is 154 Å². The Morgan fingerprint density at radius 2 is 0.931 bits per heavy atom. The van der Waals surface area contributed by atoms with Gasteiger partial charge < -0.3 is 5.11 Å². The Balaban J connectivity index is 3.43. The summed E-state index contributed by atoms with van der Waals surface area (Å²) < 4.78 is 31.8. The maximum atomic E-state index is 11.3. The third-order valence-corrected chi connectivity index (χ3v) is 7.30. The van der Waals surface area contributed by atoms with E-state index in [1.54, 1.807) is 0 Å². The molecule has 2 N–H and O–H groups in total. The Hall–Kier alpha value is -0.130. The zero-order chi connectivity index (χ0) is 21.8. The summed E-state index contributed by atoms with van der Waals surface area (Å²) in [6.07, 6.45) is 22.0. The second kappa shape index (κ2) is 19.8. The lowest BCUT2D eigenvalue weighted by Crippen LogP contribution is -2.20. The van der Waals surface area contributed by atoms with Gasteiger partial charge in [0, 0.05) is 0 Å². The molecule has 0 aromatic carbocycles. The number of rotatable bonds is 22. The highest BCUT2D eigenvalue weighted by molar-refractivity contribution is 7.86. The van der Waals surface area contributed by atoms with Gasteiger partial charge in [-0.2, -0.15) is 8.42 Å². The fourth-order valence-electron chi connectivity index (χ4n) is 4.06. The van der Waals surface area contributed by atoms with Gasteiger partial charge in [-0.15, -0.1) is 0 Å². The minimum Gasteiger partial charge on any atom is -0.393 e. The summed E-state index contributed by atoms with van der Waals surface area (Å²) in [5.41, 5.74) is 0. The van der Waals surface area contributed by atoms with Crippen molar-refractivity contribution in [1.29, 1.82) is 0 Å². The topological polar surface area (TPSA) is 74.6 Å². The van der Waals surface area contributed by atoms with E-state index in [1.165, 1.54) is 64.2 Å². The van der Waals surface area contributed by atoms with Crippen LogP contribution >= 0.6 is 0 Å². The Morgan fingerprint density at radius 1 is 0.552 bits per heavy atom. The van der Waals surface area contributed by atoms with Crippen LogP contribution in [0.4, 0.5) is 0 Å². The average Bonchev–Trinajstić information content (AvgIpc) is 2.67. The van der Waals surface area contributed by atoms with Gasteiger partial charge in [0.25, 0.3) is 10.1 Å². The second-order valence-corrected chi connectivity index (χ2v) is 10.6. The van der Waals surface area contributed by atoms with E-state index in [1.807, 2.05) is 6.92 Å². The van der Waals surface area contributed by atoms with Crippen LogP contribution in [-0.2, 0) is 10.1 Å². The van der Waals surface area contributed by atoms with Gasteiger partial charge in [-0.05, 0) is 25.7 Å². The maximum absolute atomic E-state index is 11.3. The van der Waals surface area contributed by atoms with Gasteiger partial charge in [0.2, 0.25) is 0 Å². The molecule has 29 heavy (non-hydrogen) atoms. The molecule has 0 radical (unpaired) electrons. The first-order chi connectivity index (χ1) is 13.9. The molecule has 2 atom stereocenters. The molecule has 0 heterocycles. The van der Waals surface area contributed by atoms with Crippen LogP contribution in [0.2, 0.25) is 0 Å². The van der Waals surface area contributed by atoms with Crippen LogP contribution in [0.15, 0.2) is 0 Å². The molecule has 2 unspecified atom stereocenters. The predicted molar refractivity (Wildman–Crippen MR) is 125 cm³/mol. The van der Waals surface area contributed by atoms with Crippen molar-refractivity contribution in [2.75, 3.05) is 0 Å². The molecular weight excluding hydrogens is 384 g/mol. The zero-order valence-corrected chi connectivity index (χ0v) is 20.2. The van der Waals surface area contributed by atoms with Crippen LogP contribution in [0.1, 0.15) is 142 Å². The van der Waals surface area contributed by atoms with Crippen molar-refractivity contribution in [3.8, 4) is 0 Å². The quantitative estimate of drug-likeness (QED) is 0.137. The van der Waals surface area contributed by atoms with Gasteiger partial charge in [-0.3, -0.25) is 4.55 Å². The Morgan fingerprint density at radius 3 is 1.31 bits per heavy atom. The summed E-state index contributed by atoms with van der Waals surface area (Å²) >= 11 is 0. The molecule has 5 heteroatoms. The van der Waals surface area contributed by atoms with Crippen molar-refractivity contribution in [3.63, 3.8) is 0 Å². The molecular formula is C24H50O4S. The lowest BCUT2D eigenvalue weighted by atomic mass is 10.0. The van der Waals surface area contributed by atoms with Gasteiger partial charge >= 0.3 is 0 Å². The van der Waals surface area contributed by atoms with Gasteiger partial charge in [0.1, 0.15) is 0 Å². The summed E-state index contributed by atoms with van der Waals surface area (Å²) in [5, 5.41) is 9.50. The van der Waals surface area contributed by atoms with Crippen LogP contribution in [0, 0.1) is 0 Å². The first-order valence-corrected chi connectivity index (χ1v) is 14.1. The number of hydrogen-bond acceptors (Lipinski definition) is 3. The molecule has 176 valence electrons. The maximum Gasteiger partial charge on any atom is 0.267 e. The van der Waals surface area contributed by atoms with Crippen LogP contribution < -0.4 is 0 Å². The molecule has 0 saturated carbocycles. The molecule has 0 rings (SSSR count). The van der Waals surface area contributed by atoms with E-state index < -0.39 is 15.4 Å². The summed E-state index contributed by atoms with van der Waals surface area (Å²) in [5.74, 6) is 0. The molecule has 0 aromatic rings. The molecule has 0 amide bonds. The van der Waals surface area contributed by atoms with E-state index in [9.17, 15) is 18.1 Å². The highest BCUT2D eigenvalue weighted by atomic mass is 32.2. The van der Waals surface area contributed by atoms with Crippen LogP contribution in [0.3, 0.4) is 0 Å². The normalized spacial score (nSPS) is 14.2. The van der Waals surface area contributed by atoms with Crippen LogP contribution in [-0.4, -0.2) is 29.4 Å². The first-order valence-electron chi connectivity index (χ1n) is 12.6. The fraction of sp³-hybridized carbons (Fsp3) is 1.00. The van der Waals surface area contributed by atoms with E-state index in [2.05, 4.69) is 6.92 Å². The SMILES string of the molecule is CCCCCCCCCCCCCC(O)CCCCCCC(CCC)S(=O)(=O)O. The van der Waals surface area contributed by atoms with Crippen molar-refractivity contribution in [3.05, 3.63) is 0 Å². The molecule has 0 aliphatic heterocycles. The van der Waals surface area contributed by atoms with Crippen molar-refractivity contribution in [1.82, 2.24) is 0 Å². The lowest BCUT2D eigenvalue weighted by molar-refractivity contribution is 0.147. The predicted octanol–water partition coefficient (Wildman–Crippen LogP) is 7.45. The smallest absolute Gasteiger partial charge is 0.267 e. The molecule has 0 aliphatic carbocycles. The zero-order valence-electron chi connectivity index (χ0n) is 19.4. The largest absolute Gasteiger partial charge is 0.393 e. The van der Waals surface area contributed by atoms with Gasteiger partial charge in [0.15, 0.2) is 0 Å². The van der Waals surface area contributed by atoms with Crippen molar-refractivity contribution < 1.29 is 18.1 Å². The highest BCUT2D eigenvalue weighted by Gasteiger charge is 2.21. The van der Waals surface area contributed by atoms with E-state index in [0.717, 1.165) is 51.4 Å². The minimum absolute atomic E-state index is 0.181. The average molecular weight is 435 g/mol. The van der Waals surface area contributed by atoms with Crippen LogP contribution in [0.5, 0.6) is 0 Å². The Kier molecular flexibility index (Phi) is 19.7. The fourth-order valence-corrected chi connectivity index (χ4v) is 5.06. The lowest BCUT2D eigenvalue weighted by Gasteiger charge is -2.13.